The molecule has 0 spiro atoms. The first-order valence-electron chi connectivity index (χ1n) is 10.4. The molecule has 1 aliphatic heterocycles. The molecule has 1 heterocycles. The van der Waals surface area contributed by atoms with Crippen LogP contribution in [0.4, 0.5) is 11.4 Å². The van der Waals surface area contributed by atoms with Gasteiger partial charge in [-0.3, -0.25) is 14.5 Å². The molecule has 4 rings (SSSR count). The third-order valence-electron chi connectivity index (χ3n) is 5.45. The van der Waals surface area contributed by atoms with Gasteiger partial charge >= 0.3 is 0 Å². The number of benzene rings is 3. The highest BCUT2D eigenvalue weighted by Crippen LogP contribution is 2.24. The van der Waals surface area contributed by atoms with E-state index >= 15 is 0 Å². The van der Waals surface area contributed by atoms with Gasteiger partial charge in [0.2, 0.25) is 5.91 Å². The van der Waals surface area contributed by atoms with Gasteiger partial charge in [0.1, 0.15) is 0 Å². The predicted molar refractivity (Wildman–Crippen MR) is 130 cm³/mol. The molecular weight excluding hydrogens is 445 g/mol. The third-order valence-corrected chi connectivity index (χ3v) is 5.92. The normalized spacial score (nSPS) is 14.2. The number of ketones is 1. The number of anilines is 2. The first kappa shape index (κ1) is 22.3. The number of piperazine rings is 1. The summed E-state index contributed by atoms with van der Waals surface area (Å²) in [6, 6.07) is 21.7. The van der Waals surface area contributed by atoms with Crippen molar-refractivity contribution in [3.63, 3.8) is 0 Å². The Morgan fingerprint density at radius 3 is 2.25 bits per heavy atom. The fourth-order valence-electron chi connectivity index (χ4n) is 3.79. The number of hydrogen-bond donors (Lipinski definition) is 1. The molecule has 1 saturated heterocycles. The highest BCUT2D eigenvalue weighted by atomic mass is 35.5. The van der Waals surface area contributed by atoms with E-state index in [1.165, 1.54) is 0 Å². The minimum Gasteiger partial charge on any atom is -0.369 e. The lowest BCUT2D eigenvalue weighted by Gasteiger charge is -2.35. The molecule has 7 heteroatoms. The van der Waals surface area contributed by atoms with E-state index in [0.29, 0.717) is 26.9 Å². The van der Waals surface area contributed by atoms with Gasteiger partial charge in [-0.2, -0.15) is 0 Å². The Bertz CT molecular complexity index is 1110. The first-order chi connectivity index (χ1) is 15.5. The van der Waals surface area contributed by atoms with Gasteiger partial charge in [-0.25, -0.2) is 0 Å². The van der Waals surface area contributed by atoms with Crippen LogP contribution in [0, 0.1) is 0 Å². The van der Waals surface area contributed by atoms with Crippen molar-refractivity contribution in [2.75, 3.05) is 42.9 Å². The second-order valence-corrected chi connectivity index (χ2v) is 8.55. The molecule has 3 aromatic rings. The minimum absolute atomic E-state index is 0.161. The van der Waals surface area contributed by atoms with Crippen LogP contribution in [0.5, 0.6) is 0 Å². The van der Waals surface area contributed by atoms with Gasteiger partial charge in [0, 0.05) is 53.0 Å². The van der Waals surface area contributed by atoms with E-state index in [4.69, 9.17) is 23.2 Å². The summed E-state index contributed by atoms with van der Waals surface area (Å²) in [7, 11) is 0. The summed E-state index contributed by atoms with van der Waals surface area (Å²) < 4.78 is 0. The smallest absolute Gasteiger partial charge is 0.238 e. The largest absolute Gasteiger partial charge is 0.369 e. The molecule has 0 radical (unpaired) electrons. The zero-order valence-corrected chi connectivity index (χ0v) is 18.9. The Morgan fingerprint density at radius 2 is 1.53 bits per heavy atom. The number of amides is 1. The van der Waals surface area contributed by atoms with Gasteiger partial charge in [0.15, 0.2) is 5.78 Å². The molecular formula is C25H23Cl2N3O2. The summed E-state index contributed by atoms with van der Waals surface area (Å²) in [5.74, 6) is -0.343. The molecule has 32 heavy (non-hydrogen) atoms. The number of carbonyl (C=O) groups is 2. The summed E-state index contributed by atoms with van der Waals surface area (Å²) in [4.78, 5) is 30.1. The molecule has 0 unspecified atom stereocenters. The molecule has 1 aliphatic rings. The van der Waals surface area contributed by atoms with Gasteiger partial charge in [0.25, 0.3) is 0 Å². The van der Waals surface area contributed by atoms with E-state index in [0.717, 1.165) is 31.9 Å². The number of rotatable bonds is 6. The van der Waals surface area contributed by atoms with E-state index in [2.05, 4.69) is 15.1 Å². The topological polar surface area (TPSA) is 52.7 Å². The van der Waals surface area contributed by atoms with Crippen LogP contribution < -0.4 is 10.2 Å². The molecule has 0 saturated carbocycles. The molecule has 0 bridgehead atoms. The summed E-state index contributed by atoms with van der Waals surface area (Å²) >= 11 is 12.2. The number of hydrogen-bond acceptors (Lipinski definition) is 4. The first-order valence-corrected chi connectivity index (χ1v) is 11.2. The van der Waals surface area contributed by atoms with Crippen molar-refractivity contribution in [1.29, 1.82) is 0 Å². The van der Waals surface area contributed by atoms with Crippen LogP contribution in [-0.4, -0.2) is 49.3 Å². The summed E-state index contributed by atoms with van der Waals surface area (Å²) in [5, 5.41) is 4.05. The maximum atomic E-state index is 13.0. The van der Waals surface area contributed by atoms with Gasteiger partial charge in [-0.1, -0.05) is 59.6 Å². The lowest BCUT2D eigenvalue weighted by molar-refractivity contribution is -0.117. The number of carbonyl (C=O) groups excluding carboxylic acids is 2. The van der Waals surface area contributed by atoms with Crippen molar-refractivity contribution < 1.29 is 9.59 Å². The SMILES string of the molecule is O=C(CN1CCN(c2cccc(Cl)c2)CC1)Nc1ccc(Cl)cc1C(=O)c1ccccc1. The van der Waals surface area contributed by atoms with Crippen LogP contribution >= 0.6 is 23.2 Å². The molecule has 0 aliphatic carbocycles. The van der Waals surface area contributed by atoms with Crippen molar-refractivity contribution in [1.82, 2.24) is 4.90 Å². The second-order valence-electron chi connectivity index (χ2n) is 7.68. The molecule has 164 valence electrons. The van der Waals surface area contributed by atoms with Crippen molar-refractivity contribution >= 4 is 46.3 Å². The van der Waals surface area contributed by atoms with Crippen molar-refractivity contribution in [3.05, 3.63) is 94.0 Å². The summed E-state index contributed by atoms with van der Waals surface area (Å²) in [6.07, 6.45) is 0. The average molecular weight is 468 g/mol. The fraction of sp³-hybridized carbons (Fsp3) is 0.200. The highest BCUT2D eigenvalue weighted by molar-refractivity contribution is 6.31. The third kappa shape index (κ3) is 5.49. The van der Waals surface area contributed by atoms with Crippen LogP contribution in [0.3, 0.4) is 0 Å². The summed E-state index contributed by atoms with van der Waals surface area (Å²) in [5.41, 5.74) is 2.47. The highest BCUT2D eigenvalue weighted by Gasteiger charge is 2.21. The molecule has 0 atom stereocenters. The fourth-order valence-corrected chi connectivity index (χ4v) is 4.14. The van der Waals surface area contributed by atoms with E-state index in [-0.39, 0.29) is 18.2 Å². The van der Waals surface area contributed by atoms with Gasteiger partial charge in [-0.15, -0.1) is 0 Å². The molecule has 5 nitrogen and oxygen atoms in total. The molecule has 1 N–H and O–H groups in total. The Kier molecular flexibility index (Phi) is 7.10. The molecule has 0 aromatic heterocycles. The minimum atomic E-state index is -0.182. The maximum absolute atomic E-state index is 13.0. The quantitative estimate of drug-likeness (QED) is 0.519. The summed E-state index contributed by atoms with van der Waals surface area (Å²) in [6.45, 7) is 3.40. The van der Waals surface area contributed by atoms with Crippen molar-refractivity contribution in [2.24, 2.45) is 0 Å². The standard InChI is InChI=1S/C25H23Cl2N3O2/c26-19-7-4-8-21(15-19)30-13-11-29(12-14-30)17-24(31)28-23-10-9-20(27)16-22(23)25(32)18-5-2-1-3-6-18/h1-10,15-16H,11-14,17H2,(H,28,31). The van der Waals surface area contributed by atoms with Gasteiger partial charge < -0.3 is 10.2 Å². The van der Waals surface area contributed by atoms with E-state index < -0.39 is 0 Å². The van der Waals surface area contributed by atoms with Gasteiger partial charge in [0.05, 0.1) is 12.2 Å². The zero-order valence-electron chi connectivity index (χ0n) is 17.4. The molecule has 3 aromatic carbocycles. The van der Waals surface area contributed by atoms with E-state index in [1.807, 2.05) is 30.3 Å². The van der Waals surface area contributed by atoms with Crippen LogP contribution in [-0.2, 0) is 4.79 Å². The van der Waals surface area contributed by atoms with Crippen LogP contribution in [0.1, 0.15) is 15.9 Å². The number of nitrogens with zero attached hydrogens (tertiary/aromatic N) is 2. The zero-order chi connectivity index (χ0) is 22.5. The monoisotopic (exact) mass is 467 g/mol. The lowest BCUT2D eigenvalue weighted by atomic mass is 10.0. The average Bonchev–Trinajstić information content (AvgIpc) is 2.81. The lowest BCUT2D eigenvalue weighted by Crippen LogP contribution is -2.48. The molecule has 1 fully saturated rings. The van der Waals surface area contributed by atoms with Crippen LogP contribution in [0.25, 0.3) is 0 Å². The van der Waals surface area contributed by atoms with E-state index in [9.17, 15) is 9.59 Å². The second kappa shape index (κ2) is 10.2. The maximum Gasteiger partial charge on any atom is 0.238 e. The number of halogens is 2. The van der Waals surface area contributed by atoms with Crippen molar-refractivity contribution in [2.45, 2.75) is 0 Å². The Balaban J connectivity index is 1.38. The Labute approximate surface area is 197 Å². The predicted octanol–water partition coefficient (Wildman–Crippen LogP) is 4.99. The number of nitrogens with one attached hydrogen (secondary N) is 1. The van der Waals surface area contributed by atoms with Gasteiger partial charge in [-0.05, 0) is 36.4 Å². The van der Waals surface area contributed by atoms with E-state index in [1.54, 1.807) is 42.5 Å². The Hall–Kier alpha value is -2.86. The van der Waals surface area contributed by atoms with Crippen LogP contribution in [0.15, 0.2) is 72.8 Å². The Morgan fingerprint density at radius 1 is 0.812 bits per heavy atom. The van der Waals surface area contributed by atoms with Crippen LogP contribution in [0.2, 0.25) is 10.0 Å². The molecule has 1 amide bonds. The van der Waals surface area contributed by atoms with Crippen molar-refractivity contribution in [3.8, 4) is 0 Å².